The zero-order chi connectivity index (χ0) is 14.1. The fourth-order valence-electron chi connectivity index (χ4n) is 3.22. The number of carbonyl (C=O) groups is 1. The van der Waals surface area contributed by atoms with Crippen LogP contribution in [-0.2, 0) is 11.3 Å². The molecule has 1 fully saturated rings. The van der Waals surface area contributed by atoms with Crippen LogP contribution < -0.4 is 0 Å². The number of carboxylic acids is 1. The Labute approximate surface area is 122 Å². The highest BCUT2D eigenvalue weighted by atomic mass is 32.1. The van der Waals surface area contributed by atoms with Crippen LogP contribution in [0.5, 0.6) is 0 Å². The standard InChI is InChI=1S/C16H19NO2S/c1-11-5-4-8-17(15(11)16(18)19)9-12-10-20-14-7-3-2-6-13(12)14/h2-3,6-7,10-11,15H,4-5,8-9H2,1H3,(H,18,19). The van der Waals surface area contributed by atoms with Gasteiger partial charge in [-0.1, -0.05) is 25.1 Å². The van der Waals surface area contributed by atoms with Gasteiger partial charge < -0.3 is 5.11 Å². The van der Waals surface area contributed by atoms with Crippen molar-refractivity contribution in [2.75, 3.05) is 6.54 Å². The van der Waals surface area contributed by atoms with E-state index in [0.29, 0.717) is 0 Å². The molecule has 0 aliphatic carbocycles. The predicted molar refractivity (Wildman–Crippen MR) is 82.1 cm³/mol. The number of nitrogens with zero attached hydrogens (tertiary/aromatic N) is 1. The minimum absolute atomic E-state index is 0.228. The van der Waals surface area contributed by atoms with Crippen molar-refractivity contribution in [2.45, 2.75) is 32.4 Å². The van der Waals surface area contributed by atoms with Crippen LogP contribution in [-0.4, -0.2) is 28.6 Å². The SMILES string of the molecule is CC1CCCN(Cc2csc3ccccc23)C1C(=O)O. The minimum Gasteiger partial charge on any atom is -0.480 e. The van der Waals surface area contributed by atoms with Crippen molar-refractivity contribution in [1.29, 1.82) is 0 Å². The van der Waals surface area contributed by atoms with E-state index < -0.39 is 5.97 Å². The third-order valence-electron chi connectivity index (χ3n) is 4.22. The lowest BCUT2D eigenvalue weighted by Gasteiger charge is -2.37. The Morgan fingerprint density at radius 2 is 2.25 bits per heavy atom. The van der Waals surface area contributed by atoms with Gasteiger partial charge in [-0.3, -0.25) is 9.69 Å². The number of fused-ring (bicyclic) bond motifs is 1. The van der Waals surface area contributed by atoms with Gasteiger partial charge in [0.25, 0.3) is 0 Å². The second-order valence-corrected chi connectivity index (χ2v) is 6.54. The maximum absolute atomic E-state index is 11.5. The fraction of sp³-hybridized carbons (Fsp3) is 0.438. The summed E-state index contributed by atoms with van der Waals surface area (Å²) in [6, 6.07) is 8.00. The van der Waals surface area contributed by atoms with Crippen molar-refractivity contribution < 1.29 is 9.90 Å². The molecule has 0 radical (unpaired) electrons. The molecule has 0 saturated carbocycles. The molecular formula is C16H19NO2S. The molecule has 0 bridgehead atoms. The van der Waals surface area contributed by atoms with Gasteiger partial charge in [-0.2, -0.15) is 0 Å². The van der Waals surface area contributed by atoms with Crippen LogP contribution in [0.15, 0.2) is 29.6 Å². The topological polar surface area (TPSA) is 40.5 Å². The highest BCUT2D eigenvalue weighted by molar-refractivity contribution is 7.17. The number of piperidine rings is 1. The Kier molecular flexibility index (Phi) is 3.76. The van der Waals surface area contributed by atoms with Crippen molar-refractivity contribution in [1.82, 2.24) is 4.90 Å². The molecule has 1 saturated heterocycles. The van der Waals surface area contributed by atoms with E-state index in [1.165, 1.54) is 15.6 Å². The van der Waals surface area contributed by atoms with E-state index in [1.807, 2.05) is 12.1 Å². The quantitative estimate of drug-likeness (QED) is 0.938. The first-order valence-electron chi connectivity index (χ1n) is 7.09. The lowest BCUT2D eigenvalue weighted by molar-refractivity contribution is -0.147. The molecular weight excluding hydrogens is 270 g/mol. The molecule has 1 aromatic heterocycles. The summed E-state index contributed by atoms with van der Waals surface area (Å²) in [6.07, 6.45) is 2.10. The predicted octanol–water partition coefficient (Wildman–Crippen LogP) is 3.59. The molecule has 2 atom stereocenters. The third-order valence-corrected chi connectivity index (χ3v) is 5.24. The fourth-order valence-corrected chi connectivity index (χ4v) is 4.18. The molecule has 1 aliphatic heterocycles. The van der Waals surface area contributed by atoms with Gasteiger partial charge in [0.15, 0.2) is 0 Å². The van der Waals surface area contributed by atoms with Crippen molar-refractivity contribution in [3.8, 4) is 0 Å². The first-order valence-corrected chi connectivity index (χ1v) is 7.97. The van der Waals surface area contributed by atoms with Crippen LogP contribution >= 0.6 is 11.3 Å². The maximum atomic E-state index is 11.5. The minimum atomic E-state index is -0.684. The normalized spacial score (nSPS) is 24.1. The monoisotopic (exact) mass is 289 g/mol. The average Bonchev–Trinajstić information content (AvgIpc) is 2.82. The van der Waals surface area contributed by atoms with E-state index in [9.17, 15) is 9.90 Å². The van der Waals surface area contributed by atoms with E-state index in [-0.39, 0.29) is 12.0 Å². The lowest BCUT2D eigenvalue weighted by atomic mass is 9.90. The lowest BCUT2D eigenvalue weighted by Crippen LogP contribution is -2.48. The molecule has 2 aromatic rings. The summed E-state index contributed by atoms with van der Waals surface area (Å²) >= 11 is 1.74. The highest BCUT2D eigenvalue weighted by Gasteiger charge is 2.34. The number of hydrogen-bond acceptors (Lipinski definition) is 3. The summed E-state index contributed by atoms with van der Waals surface area (Å²) in [7, 11) is 0. The Hall–Kier alpha value is -1.39. The zero-order valence-corrected chi connectivity index (χ0v) is 12.4. The van der Waals surface area contributed by atoms with Gasteiger partial charge in [0, 0.05) is 11.2 Å². The first kappa shape index (κ1) is 13.6. The number of thiophene rings is 1. The largest absolute Gasteiger partial charge is 0.480 e. The number of rotatable bonds is 3. The zero-order valence-electron chi connectivity index (χ0n) is 11.6. The summed E-state index contributed by atoms with van der Waals surface area (Å²) < 4.78 is 1.28. The molecule has 3 nitrogen and oxygen atoms in total. The van der Waals surface area contributed by atoms with Gasteiger partial charge in [0.2, 0.25) is 0 Å². The maximum Gasteiger partial charge on any atom is 0.321 e. The van der Waals surface area contributed by atoms with E-state index >= 15 is 0 Å². The van der Waals surface area contributed by atoms with E-state index in [1.54, 1.807) is 11.3 Å². The molecule has 2 heterocycles. The van der Waals surface area contributed by atoms with Crippen LogP contribution in [0.1, 0.15) is 25.3 Å². The number of hydrogen-bond donors (Lipinski definition) is 1. The summed E-state index contributed by atoms with van der Waals surface area (Å²) in [6.45, 7) is 3.67. The molecule has 106 valence electrons. The van der Waals surface area contributed by atoms with Crippen LogP contribution in [0.4, 0.5) is 0 Å². The highest BCUT2D eigenvalue weighted by Crippen LogP contribution is 2.30. The van der Waals surface area contributed by atoms with E-state index in [4.69, 9.17) is 0 Å². The number of aliphatic carboxylic acids is 1. The number of benzene rings is 1. The van der Waals surface area contributed by atoms with Gasteiger partial charge in [-0.05, 0) is 47.7 Å². The molecule has 1 N–H and O–H groups in total. The number of carboxylic acid groups (broad SMARTS) is 1. The molecule has 3 rings (SSSR count). The summed E-state index contributed by atoms with van der Waals surface area (Å²) in [4.78, 5) is 13.7. The summed E-state index contributed by atoms with van der Waals surface area (Å²) in [5, 5.41) is 12.9. The van der Waals surface area contributed by atoms with Crippen LogP contribution in [0.3, 0.4) is 0 Å². The average molecular weight is 289 g/mol. The van der Waals surface area contributed by atoms with Crippen LogP contribution in [0, 0.1) is 5.92 Å². The van der Waals surface area contributed by atoms with Gasteiger partial charge >= 0.3 is 5.97 Å². The van der Waals surface area contributed by atoms with Gasteiger partial charge in [0.05, 0.1) is 0 Å². The smallest absolute Gasteiger partial charge is 0.321 e. The Bertz CT molecular complexity index is 622. The van der Waals surface area contributed by atoms with Gasteiger partial charge in [-0.15, -0.1) is 11.3 Å². The van der Waals surface area contributed by atoms with Crippen LogP contribution in [0.25, 0.3) is 10.1 Å². The molecule has 4 heteroatoms. The molecule has 1 aliphatic rings. The van der Waals surface area contributed by atoms with Crippen molar-refractivity contribution in [2.24, 2.45) is 5.92 Å². The van der Waals surface area contributed by atoms with Crippen LogP contribution in [0.2, 0.25) is 0 Å². The Balaban J connectivity index is 1.87. The first-order chi connectivity index (χ1) is 9.66. The molecule has 0 spiro atoms. The number of likely N-dealkylation sites (tertiary alicyclic amines) is 1. The molecule has 2 unspecified atom stereocenters. The third kappa shape index (κ3) is 2.45. The second-order valence-electron chi connectivity index (χ2n) is 5.63. The van der Waals surface area contributed by atoms with Crippen molar-refractivity contribution in [3.05, 3.63) is 35.2 Å². The Morgan fingerprint density at radius 1 is 1.45 bits per heavy atom. The summed E-state index contributed by atoms with van der Waals surface area (Å²) in [5.41, 5.74) is 1.26. The van der Waals surface area contributed by atoms with Crippen molar-refractivity contribution >= 4 is 27.4 Å². The second kappa shape index (κ2) is 5.54. The molecule has 20 heavy (non-hydrogen) atoms. The Morgan fingerprint density at radius 3 is 3.05 bits per heavy atom. The molecule has 1 aromatic carbocycles. The van der Waals surface area contributed by atoms with E-state index in [0.717, 1.165) is 25.9 Å². The van der Waals surface area contributed by atoms with Gasteiger partial charge in [-0.25, -0.2) is 0 Å². The van der Waals surface area contributed by atoms with Crippen molar-refractivity contribution in [3.63, 3.8) is 0 Å². The van der Waals surface area contributed by atoms with Gasteiger partial charge in [0.1, 0.15) is 6.04 Å². The molecule has 0 amide bonds. The van der Waals surface area contributed by atoms with E-state index in [2.05, 4.69) is 29.3 Å². The summed E-state index contributed by atoms with van der Waals surface area (Å²) in [5.74, 6) is -0.456.